The van der Waals surface area contributed by atoms with Crippen molar-refractivity contribution in [2.24, 2.45) is 9.39 Å². The number of hydrogen-bond donors (Lipinski definition) is 1. The van der Waals surface area contributed by atoms with Crippen molar-refractivity contribution >= 4 is 60.8 Å². The van der Waals surface area contributed by atoms with Crippen molar-refractivity contribution in [3.05, 3.63) is 71.4 Å². The number of ether oxygens (including phenoxy) is 1. The quantitative estimate of drug-likeness (QED) is 0.297. The number of aryl methyl sites for hydroxylation is 2. The number of aliphatic imine (C=N–C) groups is 1. The molecule has 5 rings (SSSR count). The molecule has 0 saturated carbocycles. The van der Waals surface area contributed by atoms with Crippen LogP contribution >= 0.6 is 11.9 Å². The molecule has 184 valence electrons. The van der Waals surface area contributed by atoms with Crippen LogP contribution in [0.1, 0.15) is 17.5 Å². The van der Waals surface area contributed by atoms with Gasteiger partial charge in [0.25, 0.3) is 5.91 Å². The molecule has 0 atom stereocenters. The van der Waals surface area contributed by atoms with E-state index in [1.807, 2.05) is 61.7 Å². The molecule has 0 saturated heterocycles. The minimum Gasteiger partial charge on any atom is -0.494 e. The van der Waals surface area contributed by atoms with Crippen LogP contribution in [0.2, 0.25) is 0 Å². The molecule has 2 aliphatic rings. The molecule has 0 bridgehead atoms. The van der Waals surface area contributed by atoms with Crippen molar-refractivity contribution in [1.82, 2.24) is 9.47 Å². The second-order valence-corrected chi connectivity index (χ2v) is 11.1. The van der Waals surface area contributed by atoms with Crippen molar-refractivity contribution in [1.29, 1.82) is 5.41 Å². The Balaban J connectivity index is 1.40. The third-order valence-electron chi connectivity index (χ3n) is 5.78. The first-order valence-corrected chi connectivity index (χ1v) is 13.8. The van der Waals surface area contributed by atoms with Crippen molar-refractivity contribution in [2.45, 2.75) is 19.9 Å². The number of amides is 1. The highest BCUT2D eigenvalue weighted by atomic mass is 32.2. The highest BCUT2D eigenvalue weighted by Crippen LogP contribution is 2.31. The minimum atomic E-state index is -3.71. The van der Waals surface area contributed by atoms with E-state index < -0.39 is 15.7 Å². The van der Waals surface area contributed by atoms with Gasteiger partial charge in [-0.2, -0.15) is 9.39 Å². The number of benzene rings is 2. The molecular weight excluding hydrogens is 498 g/mol. The zero-order valence-corrected chi connectivity index (χ0v) is 21.3. The van der Waals surface area contributed by atoms with E-state index in [1.165, 1.54) is 5.56 Å². The van der Waals surface area contributed by atoms with Gasteiger partial charge in [0, 0.05) is 35.5 Å². The molecule has 2 aliphatic heterocycles. The Kier molecular flexibility index (Phi) is 6.27. The van der Waals surface area contributed by atoms with Gasteiger partial charge >= 0.3 is 0 Å². The second-order valence-electron chi connectivity index (χ2n) is 8.49. The normalized spacial score (nSPS) is 16.9. The smallest absolute Gasteiger partial charge is 0.283 e. The number of para-hydroxylation sites is 1. The Morgan fingerprint density at radius 3 is 2.64 bits per heavy atom. The third-order valence-corrected chi connectivity index (χ3v) is 7.53. The van der Waals surface area contributed by atoms with E-state index in [-0.39, 0.29) is 21.7 Å². The molecule has 2 aromatic carbocycles. The van der Waals surface area contributed by atoms with Crippen LogP contribution in [0, 0.1) is 12.3 Å². The average Bonchev–Trinajstić information content (AvgIpc) is 3.43. The maximum absolute atomic E-state index is 12.8. The Hall–Kier alpha value is -3.70. The van der Waals surface area contributed by atoms with Crippen molar-refractivity contribution in [2.75, 3.05) is 12.9 Å². The summed E-state index contributed by atoms with van der Waals surface area (Å²) in [5, 5.41) is 9.26. The minimum absolute atomic E-state index is 0.00297. The lowest BCUT2D eigenvalue weighted by Gasteiger charge is -2.23. The van der Waals surface area contributed by atoms with Crippen LogP contribution in [0.3, 0.4) is 0 Å². The summed E-state index contributed by atoms with van der Waals surface area (Å²) in [5.74, 6) is -0.0377. The van der Waals surface area contributed by atoms with Crippen molar-refractivity contribution in [3.8, 4) is 5.75 Å². The average molecular weight is 522 g/mol. The van der Waals surface area contributed by atoms with Gasteiger partial charge in [0.15, 0.2) is 0 Å². The highest BCUT2D eigenvalue weighted by molar-refractivity contribution is 8.16. The number of rotatable bonds is 6. The topological polar surface area (TPSA) is 117 Å². The molecule has 1 aromatic heterocycles. The molecule has 11 heteroatoms. The standard InChI is InChI=1S/C25H23N5O4S2/c1-16-8-10-18(11-9-16)34-13-5-12-29-15-17(19-6-3-4-7-21(19)29)14-20-22(26)30-24(27-23(20)31)35-28-25(30)36(2,32)33/h3-4,6-11,14-15,26H,5,12-13H2,1-2H3/b20-14-,26-22?. The first-order valence-electron chi connectivity index (χ1n) is 11.2. The SMILES string of the molecule is Cc1ccc(OCCCn2cc(/C=C3/C(=N)N4C(=NC3=O)SN=C4S(C)(=O)=O)c3ccccc32)cc1. The lowest BCUT2D eigenvalue weighted by molar-refractivity contribution is -0.114. The number of nitrogens with one attached hydrogen (secondary N) is 1. The van der Waals surface area contributed by atoms with Crippen LogP contribution in [0.4, 0.5) is 0 Å². The zero-order chi connectivity index (χ0) is 25.4. The molecule has 0 aliphatic carbocycles. The maximum atomic E-state index is 12.8. The third kappa shape index (κ3) is 4.59. The van der Waals surface area contributed by atoms with Gasteiger partial charge in [-0.15, -0.1) is 0 Å². The second kappa shape index (κ2) is 9.40. The molecule has 0 spiro atoms. The number of sulfone groups is 1. The fraction of sp³-hybridized carbons (Fsp3) is 0.200. The largest absolute Gasteiger partial charge is 0.494 e. The molecule has 0 unspecified atom stereocenters. The van der Waals surface area contributed by atoms with E-state index in [4.69, 9.17) is 10.1 Å². The van der Waals surface area contributed by atoms with Crippen molar-refractivity contribution in [3.63, 3.8) is 0 Å². The summed E-state index contributed by atoms with van der Waals surface area (Å²) in [7, 11) is -3.71. The van der Waals surface area contributed by atoms with Crippen LogP contribution in [0.15, 0.2) is 69.7 Å². The molecule has 0 radical (unpaired) electrons. The summed E-state index contributed by atoms with van der Waals surface area (Å²) < 4.78 is 36.1. The zero-order valence-electron chi connectivity index (χ0n) is 19.6. The summed E-state index contributed by atoms with van der Waals surface area (Å²) in [5.41, 5.74) is 2.90. The van der Waals surface area contributed by atoms with Gasteiger partial charge < -0.3 is 9.30 Å². The van der Waals surface area contributed by atoms with E-state index in [0.717, 1.165) is 51.7 Å². The van der Waals surface area contributed by atoms with Gasteiger partial charge in [-0.3, -0.25) is 10.2 Å². The van der Waals surface area contributed by atoms with E-state index >= 15 is 0 Å². The number of hydrogen-bond acceptors (Lipinski definition) is 7. The highest BCUT2D eigenvalue weighted by Gasteiger charge is 2.41. The number of fused-ring (bicyclic) bond motifs is 2. The number of carbonyl (C=O) groups is 1. The molecule has 1 N–H and O–H groups in total. The predicted molar refractivity (Wildman–Crippen MR) is 143 cm³/mol. The van der Waals surface area contributed by atoms with Crippen LogP contribution < -0.4 is 4.74 Å². The Morgan fingerprint density at radius 1 is 1.14 bits per heavy atom. The molecule has 36 heavy (non-hydrogen) atoms. The fourth-order valence-corrected chi connectivity index (χ4v) is 5.87. The number of carbonyl (C=O) groups excluding carboxylic acids is 1. The molecule has 3 aromatic rings. The molecule has 1 amide bonds. The summed E-state index contributed by atoms with van der Waals surface area (Å²) >= 11 is 0.774. The van der Waals surface area contributed by atoms with E-state index in [9.17, 15) is 13.2 Å². The predicted octanol–water partition coefficient (Wildman–Crippen LogP) is 4.04. The number of amidine groups is 3. The van der Waals surface area contributed by atoms with Gasteiger partial charge in [0.2, 0.25) is 20.2 Å². The summed E-state index contributed by atoms with van der Waals surface area (Å²) in [6.07, 6.45) is 5.30. The number of aromatic nitrogens is 1. The Labute approximate surface area is 212 Å². The lowest BCUT2D eigenvalue weighted by atomic mass is 10.1. The van der Waals surface area contributed by atoms with Crippen LogP contribution in [-0.4, -0.2) is 52.8 Å². The number of nitrogens with zero attached hydrogens (tertiary/aromatic N) is 4. The van der Waals surface area contributed by atoms with Gasteiger partial charge in [0.05, 0.1) is 24.1 Å². The summed E-state index contributed by atoms with van der Waals surface area (Å²) in [4.78, 5) is 17.8. The Morgan fingerprint density at radius 2 is 1.89 bits per heavy atom. The molecule has 9 nitrogen and oxygen atoms in total. The first-order chi connectivity index (χ1) is 17.2. The molecule has 3 heterocycles. The summed E-state index contributed by atoms with van der Waals surface area (Å²) in [6.45, 7) is 3.27. The molecule has 0 fully saturated rings. The summed E-state index contributed by atoms with van der Waals surface area (Å²) in [6, 6.07) is 15.7. The van der Waals surface area contributed by atoms with Gasteiger partial charge in [-0.05, 0) is 37.6 Å². The lowest BCUT2D eigenvalue weighted by Crippen LogP contribution is -2.45. The maximum Gasteiger partial charge on any atom is 0.283 e. The monoisotopic (exact) mass is 521 g/mol. The molecular formula is C25H23N5O4S2. The fourth-order valence-electron chi connectivity index (χ4n) is 4.03. The van der Waals surface area contributed by atoms with E-state index in [2.05, 4.69) is 14.0 Å². The van der Waals surface area contributed by atoms with Crippen LogP contribution in [0.25, 0.3) is 17.0 Å². The van der Waals surface area contributed by atoms with Crippen molar-refractivity contribution < 1.29 is 17.9 Å². The van der Waals surface area contributed by atoms with E-state index in [0.29, 0.717) is 13.2 Å². The van der Waals surface area contributed by atoms with Gasteiger partial charge in [-0.1, -0.05) is 35.9 Å². The van der Waals surface area contributed by atoms with Gasteiger partial charge in [0.1, 0.15) is 11.6 Å². The van der Waals surface area contributed by atoms with E-state index in [1.54, 1.807) is 6.08 Å². The van der Waals surface area contributed by atoms with Crippen LogP contribution in [0.5, 0.6) is 5.75 Å². The first kappa shape index (κ1) is 24.0. The Bertz CT molecular complexity index is 1580. The van der Waals surface area contributed by atoms with Gasteiger partial charge in [-0.25, -0.2) is 13.3 Å². The van der Waals surface area contributed by atoms with Crippen LogP contribution in [-0.2, 0) is 21.2 Å².